The molecule has 3 aromatic rings. The summed E-state index contributed by atoms with van der Waals surface area (Å²) in [5.74, 6) is 2.13. The SMILES string of the molecule is COc1ccc(CCNC(=O)CSc2nnc(CN3CCCCC3)n2Cc2ccccc2)cc1. The van der Waals surface area contributed by atoms with Crippen LogP contribution >= 0.6 is 11.8 Å². The monoisotopic (exact) mass is 479 g/mol. The molecule has 2 heterocycles. The van der Waals surface area contributed by atoms with Gasteiger partial charge in [0.1, 0.15) is 11.6 Å². The van der Waals surface area contributed by atoms with Gasteiger partial charge in [-0.2, -0.15) is 0 Å². The van der Waals surface area contributed by atoms with E-state index in [1.54, 1.807) is 7.11 Å². The van der Waals surface area contributed by atoms with Gasteiger partial charge in [0.05, 0.1) is 26.0 Å². The van der Waals surface area contributed by atoms with E-state index in [4.69, 9.17) is 4.74 Å². The summed E-state index contributed by atoms with van der Waals surface area (Å²) >= 11 is 1.45. The third-order valence-electron chi connectivity index (χ3n) is 6.02. The fraction of sp³-hybridized carbons (Fsp3) is 0.423. The minimum Gasteiger partial charge on any atom is -0.497 e. The molecule has 1 aliphatic heterocycles. The van der Waals surface area contributed by atoms with Crippen molar-refractivity contribution >= 4 is 17.7 Å². The number of hydrogen-bond donors (Lipinski definition) is 1. The van der Waals surface area contributed by atoms with E-state index in [9.17, 15) is 4.79 Å². The van der Waals surface area contributed by atoms with E-state index in [2.05, 4.69) is 37.1 Å². The molecule has 0 unspecified atom stereocenters. The predicted octanol–water partition coefficient (Wildman–Crippen LogP) is 3.77. The molecule has 0 saturated carbocycles. The molecule has 0 bridgehead atoms. The Balaban J connectivity index is 1.33. The molecule has 0 spiro atoms. The molecule has 1 N–H and O–H groups in total. The molecule has 180 valence electrons. The highest BCUT2D eigenvalue weighted by molar-refractivity contribution is 7.99. The van der Waals surface area contributed by atoms with E-state index >= 15 is 0 Å². The number of nitrogens with zero attached hydrogens (tertiary/aromatic N) is 4. The standard InChI is InChI=1S/C26H33N5O2S/c1-33-23-12-10-21(11-13-23)14-15-27-25(32)20-34-26-29-28-24(19-30-16-6-3-7-17-30)31(26)18-22-8-4-2-5-9-22/h2,4-5,8-13H,3,6-7,14-20H2,1H3,(H,27,32). The fourth-order valence-electron chi connectivity index (χ4n) is 4.10. The van der Waals surface area contributed by atoms with Crippen molar-refractivity contribution in [2.45, 2.75) is 43.9 Å². The van der Waals surface area contributed by atoms with Crippen molar-refractivity contribution < 1.29 is 9.53 Å². The maximum Gasteiger partial charge on any atom is 0.230 e. The minimum absolute atomic E-state index is 0.00496. The van der Waals surface area contributed by atoms with E-state index in [-0.39, 0.29) is 5.91 Å². The summed E-state index contributed by atoms with van der Waals surface area (Å²) in [5.41, 5.74) is 2.37. The Bertz CT molecular complexity index is 1030. The van der Waals surface area contributed by atoms with Crippen LogP contribution in [0, 0.1) is 0 Å². The largest absolute Gasteiger partial charge is 0.497 e. The molecule has 1 amide bonds. The van der Waals surface area contributed by atoms with Crippen molar-refractivity contribution in [2.24, 2.45) is 0 Å². The average molecular weight is 480 g/mol. The summed E-state index contributed by atoms with van der Waals surface area (Å²) in [5, 5.41) is 12.8. The van der Waals surface area contributed by atoms with Crippen molar-refractivity contribution in [3.05, 3.63) is 71.5 Å². The molecule has 1 saturated heterocycles. The lowest BCUT2D eigenvalue weighted by Crippen LogP contribution is -2.30. The van der Waals surface area contributed by atoms with Crippen molar-refractivity contribution in [3.63, 3.8) is 0 Å². The van der Waals surface area contributed by atoms with Crippen LogP contribution < -0.4 is 10.1 Å². The van der Waals surface area contributed by atoms with Gasteiger partial charge in [0.2, 0.25) is 5.91 Å². The second-order valence-corrected chi connectivity index (χ2v) is 9.49. The maximum absolute atomic E-state index is 12.5. The fourth-order valence-corrected chi connectivity index (χ4v) is 4.89. The van der Waals surface area contributed by atoms with E-state index in [0.717, 1.165) is 42.8 Å². The second-order valence-electron chi connectivity index (χ2n) is 8.54. The van der Waals surface area contributed by atoms with Crippen LogP contribution in [0.25, 0.3) is 0 Å². The van der Waals surface area contributed by atoms with E-state index < -0.39 is 0 Å². The first-order chi connectivity index (χ1) is 16.7. The number of benzene rings is 2. The topological polar surface area (TPSA) is 72.3 Å². The third-order valence-corrected chi connectivity index (χ3v) is 6.98. The Labute approximate surface area is 205 Å². The third kappa shape index (κ3) is 7.08. The van der Waals surface area contributed by atoms with Gasteiger partial charge in [-0.25, -0.2) is 0 Å². The van der Waals surface area contributed by atoms with E-state index in [1.807, 2.05) is 42.5 Å². The van der Waals surface area contributed by atoms with Crippen LogP contribution in [-0.4, -0.2) is 58.1 Å². The first kappa shape index (κ1) is 24.3. The van der Waals surface area contributed by atoms with Gasteiger partial charge in [-0.1, -0.05) is 60.6 Å². The van der Waals surface area contributed by atoms with Gasteiger partial charge in [-0.3, -0.25) is 9.69 Å². The zero-order valence-corrected chi connectivity index (χ0v) is 20.6. The molecule has 1 fully saturated rings. The van der Waals surface area contributed by atoms with Crippen LogP contribution in [0.4, 0.5) is 0 Å². The highest BCUT2D eigenvalue weighted by atomic mass is 32.2. The highest BCUT2D eigenvalue weighted by Gasteiger charge is 2.18. The normalized spacial score (nSPS) is 14.1. The number of aromatic nitrogens is 3. The van der Waals surface area contributed by atoms with Crippen LogP contribution in [0.5, 0.6) is 5.75 Å². The number of piperidine rings is 1. The lowest BCUT2D eigenvalue weighted by atomic mass is 10.1. The molecule has 1 aromatic heterocycles. The number of likely N-dealkylation sites (tertiary alicyclic amines) is 1. The molecule has 8 heteroatoms. The lowest BCUT2D eigenvalue weighted by Gasteiger charge is -2.26. The van der Waals surface area contributed by atoms with Gasteiger partial charge in [-0.15, -0.1) is 10.2 Å². The molecule has 0 aliphatic carbocycles. The molecular weight excluding hydrogens is 446 g/mol. The van der Waals surface area contributed by atoms with Crippen molar-refractivity contribution in [1.82, 2.24) is 25.0 Å². The highest BCUT2D eigenvalue weighted by Crippen LogP contribution is 2.21. The Hall–Kier alpha value is -2.84. The number of amides is 1. The molecule has 34 heavy (non-hydrogen) atoms. The molecule has 4 rings (SSSR count). The Morgan fingerprint density at radius 2 is 1.74 bits per heavy atom. The van der Waals surface area contributed by atoms with Gasteiger partial charge in [0, 0.05) is 6.54 Å². The molecule has 7 nitrogen and oxygen atoms in total. The average Bonchev–Trinajstić information content (AvgIpc) is 3.25. The zero-order valence-electron chi connectivity index (χ0n) is 19.8. The summed E-state index contributed by atoms with van der Waals surface area (Å²) < 4.78 is 7.35. The van der Waals surface area contributed by atoms with Crippen LogP contribution in [-0.2, 0) is 24.3 Å². The number of thioether (sulfide) groups is 1. The van der Waals surface area contributed by atoms with Gasteiger partial charge in [0.25, 0.3) is 0 Å². The predicted molar refractivity (Wildman–Crippen MR) is 135 cm³/mol. The Morgan fingerprint density at radius 3 is 2.47 bits per heavy atom. The quantitative estimate of drug-likeness (QED) is 0.422. The second kappa shape index (κ2) is 12.6. The number of hydrogen-bond acceptors (Lipinski definition) is 6. The van der Waals surface area contributed by atoms with Gasteiger partial charge < -0.3 is 14.6 Å². The first-order valence-electron chi connectivity index (χ1n) is 11.9. The van der Waals surface area contributed by atoms with Crippen molar-refractivity contribution in [3.8, 4) is 5.75 Å². The van der Waals surface area contributed by atoms with Crippen LogP contribution in [0.3, 0.4) is 0 Å². The van der Waals surface area contributed by atoms with Gasteiger partial charge in [0.15, 0.2) is 5.16 Å². The Kier molecular flexibility index (Phi) is 8.98. The smallest absolute Gasteiger partial charge is 0.230 e. The van der Waals surface area contributed by atoms with Crippen LogP contribution in [0.15, 0.2) is 59.8 Å². The lowest BCUT2D eigenvalue weighted by molar-refractivity contribution is -0.118. The number of ether oxygens (including phenoxy) is 1. The summed E-state index contributed by atoms with van der Waals surface area (Å²) in [6, 6.07) is 18.3. The molecule has 0 radical (unpaired) electrons. The number of carbonyl (C=O) groups excluding carboxylic acids is 1. The number of rotatable bonds is 11. The maximum atomic E-state index is 12.5. The summed E-state index contributed by atoms with van der Waals surface area (Å²) in [6.45, 7) is 4.32. The molecular formula is C26H33N5O2S. The summed E-state index contributed by atoms with van der Waals surface area (Å²) in [6.07, 6.45) is 4.57. The molecule has 2 aromatic carbocycles. The molecule has 0 atom stereocenters. The Morgan fingerprint density at radius 1 is 0.971 bits per heavy atom. The number of methoxy groups -OCH3 is 1. The summed E-state index contributed by atoms with van der Waals surface area (Å²) in [7, 11) is 1.66. The first-order valence-corrected chi connectivity index (χ1v) is 12.9. The van der Waals surface area contributed by atoms with Crippen LogP contribution in [0.2, 0.25) is 0 Å². The number of nitrogens with one attached hydrogen (secondary N) is 1. The van der Waals surface area contributed by atoms with Crippen LogP contribution in [0.1, 0.15) is 36.2 Å². The van der Waals surface area contributed by atoms with Crippen molar-refractivity contribution in [2.75, 3.05) is 32.5 Å². The summed E-state index contributed by atoms with van der Waals surface area (Å²) in [4.78, 5) is 14.9. The van der Waals surface area contributed by atoms with Gasteiger partial charge in [-0.05, 0) is 55.6 Å². The molecule has 1 aliphatic rings. The zero-order chi connectivity index (χ0) is 23.6. The van der Waals surface area contributed by atoms with Crippen molar-refractivity contribution in [1.29, 1.82) is 0 Å². The minimum atomic E-state index is 0.00496. The number of carbonyl (C=O) groups is 1. The van der Waals surface area contributed by atoms with Gasteiger partial charge >= 0.3 is 0 Å². The van der Waals surface area contributed by atoms with E-state index in [1.165, 1.54) is 42.2 Å². The van der Waals surface area contributed by atoms with E-state index in [0.29, 0.717) is 18.8 Å².